The molecule has 1 aliphatic carbocycles. The molecule has 2 unspecified atom stereocenters. The van der Waals surface area contributed by atoms with E-state index in [1.807, 2.05) is 0 Å². The van der Waals surface area contributed by atoms with E-state index < -0.39 is 11.9 Å². The summed E-state index contributed by atoms with van der Waals surface area (Å²) in [5, 5.41) is 0. The lowest BCUT2D eigenvalue weighted by Gasteiger charge is -2.50. The molecule has 0 aromatic carbocycles. The van der Waals surface area contributed by atoms with Crippen LogP contribution in [0.3, 0.4) is 0 Å². The van der Waals surface area contributed by atoms with Crippen molar-refractivity contribution in [2.75, 3.05) is 6.61 Å². The van der Waals surface area contributed by atoms with Crippen molar-refractivity contribution < 1.29 is 19.1 Å². The third-order valence-corrected chi connectivity index (χ3v) is 5.19. The third-order valence-electron chi connectivity index (χ3n) is 5.19. The molecule has 0 heterocycles. The quantitative estimate of drug-likeness (QED) is 0.554. The zero-order valence-corrected chi connectivity index (χ0v) is 16.8. The van der Waals surface area contributed by atoms with Gasteiger partial charge >= 0.3 is 11.9 Å². The lowest BCUT2D eigenvalue weighted by atomic mass is 9.59. The Morgan fingerprint density at radius 3 is 1.75 bits per heavy atom. The summed E-state index contributed by atoms with van der Waals surface area (Å²) in [6, 6.07) is 0. The lowest BCUT2D eigenvalue weighted by molar-refractivity contribution is -0.172. The van der Waals surface area contributed by atoms with Crippen molar-refractivity contribution in [3.8, 4) is 0 Å². The van der Waals surface area contributed by atoms with E-state index in [0.29, 0.717) is 5.92 Å². The number of rotatable bonds is 4. The summed E-state index contributed by atoms with van der Waals surface area (Å²) in [5.74, 6) is 0.217. The molecule has 24 heavy (non-hydrogen) atoms. The number of hydrogen-bond acceptors (Lipinski definition) is 4. The summed E-state index contributed by atoms with van der Waals surface area (Å²) in [7, 11) is 0. The van der Waals surface area contributed by atoms with Crippen LogP contribution < -0.4 is 0 Å². The molecule has 0 N–H and O–H groups in total. The van der Waals surface area contributed by atoms with Gasteiger partial charge in [-0.25, -0.2) is 0 Å². The number of hydrogen-bond donors (Lipinski definition) is 0. The summed E-state index contributed by atoms with van der Waals surface area (Å²) < 4.78 is 10.8. The molecule has 1 aliphatic rings. The van der Waals surface area contributed by atoms with Gasteiger partial charge in [0.1, 0.15) is 12.5 Å². The van der Waals surface area contributed by atoms with Crippen LogP contribution >= 0.6 is 0 Å². The number of ether oxygens (including phenoxy) is 2. The van der Waals surface area contributed by atoms with E-state index in [2.05, 4.69) is 48.5 Å². The van der Waals surface area contributed by atoms with Gasteiger partial charge in [-0.05, 0) is 36.5 Å². The smallest absolute Gasteiger partial charge is 0.317 e. The van der Waals surface area contributed by atoms with Crippen molar-refractivity contribution in [2.24, 2.45) is 28.6 Å². The molecular formula is C20H36O4. The first-order valence-electron chi connectivity index (χ1n) is 9.21. The molecule has 1 saturated carbocycles. The fraction of sp³-hybridized carbons (Fsp3) is 0.900. The Kier molecular flexibility index (Phi) is 6.89. The molecule has 140 valence electrons. The van der Waals surface area contributed by atoms with Crippen LogP contribution in [0.15, 0.2) is 0 Å². The second kappa shape index (κ2) is 7.88. The normalized spacial score (nSPS) is 28.3. The fourth-order valence-corrected chi connectivity index (χ4v) is 3.89. The van der Waals surface area contributed by atoms with E-state index in [0.717, 1.165) is 12.8 Å². The van der Waals surface area contributed by atoms with Gasteiger partial charge in [0.2, 0.25) is 0 Å². The number of carbonyl (C=O) groups is 2. The number of carbonyl (C=O) groups excluding carboxylic acids is 2. The molecule has 0 aromatic heterocycles. The average molecular weight is 341 g/mol. The maximum atomic E-state index is 12.3. The van der Waals surface area contributed by atoms with Gasteiger partial charge in [0.15, 0.2) is 0 Å². The first-order chi connectivity index (χ1) is 10.9. The molecule has 0 spiro atoms. The van der Waals surface area contributed by atoms with Crippen molar-refractivity contribution in [2.45, 2.75) is 80.8 Å². The highest BCUT2D eigenvalue weighted by atomic mass is 16.6. The molecule has 4 nitrogen and oxygen atoms in total. The zero-order valence-electron chi connectivity index (χ0n) is 16.8. The van der Waals surface area contributed by atoms with Crippen LogP contribution in [0.4, 0.5) is 0 Å². The first kappa shape index (κ1) is 21.0. The summed E-state index contributed by atoms with van der Waals surface area (Å²) in [5.41, 5.74) is 0.0973. The summed E-state index contributed by atoms with van der Waals surface area (Å²) in [6.45, 7) is 17.6. The topological polar surface area (TPSA) is 52.6 Å². The Bertz CT molecular complexity index is 418. The Labute approximate surface area is 147 Å². The minimum Gasteiger partial charge on any atom is -0.466 e. The van der Waals surface area contributed by atoms with Crippen molar-refractivity contribution in [1.29, 1.82) is 0 Å². The van der Waals surface area contributed by atoms with Crippen LogP contribution in [0.2, 0.25) is 0 Å². The maximum absolute atomic E-state index is 12.3. The van der Waals surface area contributed by atoms with Gasteiger partial charge in [0.25, 0.3) is 0 Å². The molecule has 0 saturated heterocycles. The minimum atomic E-state index is -0.508. The Morgan fingerprint density at radius 2 is 1.38 bits per heavy atom. The van der Waals surface area contributed by atoms with Crippen LogP contribution in [-0.2, 0) is 19.1 Å². The molecule has 0 bridgehead atoms. The SMILES string of the molecule is CCOC(=O)CC(=O)OC1C(C(C)(C)C)CC(C)CC1C(C)(C)C. The molecule has 0 aliphatic heterocycles. The molecule has 0 amide bonds. The predicted molar refractivity (Wildman–Crippen MR) is 95.4 cm³/mol. The molecular weight excluding hydrogens is 304 g/mol. The van der Waals surface area contributed by atoms with E-state index in [1.54, 1.807) is 6.92 Å². The second-order valence-corrected chi connectivity index (χ2v) is 9.46. The highest BCUT2D eigenvalue weighted by molar-refractivity contribution is 5.91. The van der Waals surface area contributed by atoms with Crippen LogP contribution in [-0.4, -0.2) is 24.6 Å². The first-order valence-corrected chi connectivity index (χ1v) is 9.21. The highest BCUT2D eigenvalue weighted by Crippen LogP contribution is 2.49. The summed E-state index contributed by atoms with van der Waals surface area (Å²) >= 11 is 0. The third kappa shape index (κ3) is 5.78. The van der Waals surface area contributed by atoms with Crippen molar-refractivity contribution >= 4 is 11.9 Å². The summed E-state index contributed by atoms with van der Waals surface area (Å²) in [6.07, 6.45) is 1.65. The summed E-state index contributed by atoms with van der Waals surface area (Å²) in [4.78, 5) is 23.9. The second-order valence-electron chi connectivity index (χ2n) is 9.46. The van der Waals surface area contributed by atoms with E-state index in [-0.39, 0.29) is 41.8 Å². The Balaban J connectivity index is 2.99. The molecule has 0 radical (unpaired) electrons. The van der Waals surface area contributed by atoms with Crippen LogP contribution in [0.5, 0.6) is 0 Å². The van der Waals surface area contributed by atoms with Crippen molar-refractivity contribution in [1.82, 2.24) is 0 Å². The molecule has 4 heteroatoms. The van der Waals surface area contributed by atoms with Gasteiger partial charge in [-0.1, -0.05) is 48.5 Å². The highest BCUT2D eigenvalue weighted by Gasteiger charge is 2.47. The largest absolute Gasteiger partial charge is 0.466 e. The van der Waals surface area contributed by atoms with Gasteiger partial charge in [0.05, 0.1) is 6.61 Å². The number of esters is 2. The molecule has 1 rings (SSSR count). The van der Waals surface area contributed by atoms with Gasteiger partial charge < -0.3 is 9.47 Å². The minimum absolute atomic E-state index is 0.0487. The van der Waals surface area contributed by atoms with Crippen molar-refractivity contribution in [3.63, 3.8) is 0 Å². The van der Waals surface area contributed by atoms with Crippen LogP contribution in [0, 0.1) is 28.6 Å². The van der Waals surface area contributed by atoms with Gasteiger partial charge in [-0.2, -0.15) is 0 Å². The van der Waals surface area contributed by atoms with E-state index in [9.17, 15) is 9.59 Å². The van der Waals surface area contributed by atoms with Crippen LogP contribution in [0.25, 0.3) is 0 Å². The molecule has 1 fully saturated rings. The lowest BCUT2D eigenvalue weighted by Crippen LogP contribution is -2.49. The van der Waals surface area contributed by atoms with E-state index in [4.69, 9.17) is 9.47 Å². The van der Waals surface area contributed by atoms with Gasteiger partial charge in [-0.3, -0.25) is 9.59 Å². The maximum Gasteiger partial charge on any atom is 0.317 e. The molecule has 2 atom stereocenters. The average Bonchev–Trinajstić information content (AvgIpc) is 2.37. The van der Waals surface area contributed by atoms with E-state index in [1.165, 1.54) is 0 Å². The van der Waals surface area contributed by atoms with Gasteiger partial charge in [0, 0.05) is 11.8 Å². The fourth-order valence-electron chi connectivity index (χ4n) is 3.89. The zero-order chi connectivity index (χ0) is 18.7. The monoisotopic (exact) mass is 340 g/mol. The standard InChI is InChI=1S/C20H36O4/c1-9-23-16(21)12-17(22)24-18-14(19(3,4)5)10-13(2)11-15(18)20(6,7)8/h13-15,18H,9-12H2,1-8H3. The predicted octanol–water partition coefficient (Wildman–Crippen LogP) is 4.61. The van der Waals surface area contributed by atoms with E-state index >= 15 is 0 Å². The Morgan fingerprint density at radius 1 is 0.917 bits per heavy atom. The van der Waals surface area contributed by atoms with Crippen LogP contribution in [0.1, 0.15) is 74.7 Å². The Hall–Kier alpha value is -1.06. The van der Waals surface area contributed by atoms with Gasteiger partial charge in [-0.15, -0.1) is 0 Å². The van der Waals surface area contributed by atoms with Crippen molar-refractivity contribution in [3.05, 3.63) is 0 Å². The molecule has 0 aromatic rings.